The predicted octanol–water partition coefficient (Wildman–Crippen LogP) is 1.57. The molecule has 0 saturated carbocycles. The Bertz CT molecular complexity index is 667. The molecule has 2 atom stereocenters. The fourth-order valence-corrected chi connectivity index (χ4v) is 5.53. The largest absolute Gasteiger partial charge is 0.348 e. The summed E-state index contributed by atoms with van der Waals surface area (Å²) in [6.07, 6.45) is 2.58. The minimum Gasteiger partial charge on any atom is -0.348 e. The average Bonchev–Trinajstić information content (AvgIpc) is 2.84. The summed E-state index contributed by atoms with van der Waals surface area (Å²) in [6, 6.07) is -0.211. The Hall–Kier alpha value is -0.990. The summed E-state index contributed by atoms with van der Waals surface area (Å²) in [5.74, 6) is -0.400. The maximum Gasteiger partial charge on any atom is 0.241 e. The third-order valence-electron chi connectivity index (χ3n) is 4.10. The van der Waals surface area contributed by atoms with E-state index in [2.05, 4.69) is 4.98 Å². The van der Waals surface area contributed by atoms with Gasteiger partial charge in [0, 0.05) is 26.0 Å². The molecule has 0 N–H and O–H groups in total. The first-order chi connectivity index (χ1) is 10.2. The van der Waals surface area contributed by atoms with E-state index in [0.717, 1.165) is 34.8 Å². The molecule has 0 saturated heterocycles. The van der Waals surface area contributed by atoms with E-state index in [1.54, 1.807) is 32.5 Å². The van der Waals surface area contributed by atoms with Crippen LogP contribution in [0.5, 0.6) is 0 Å². The van der Waals surface area contributed by atoms with Crippen molar-refractivity contribution in [1.82, 2.24) is 14.2 Å². The van der Waals surface area contributed by atoms with E-state index in [1.165, 1.54) is 16.1 Å². The van der Waals surface area contributed by atoms with E-state index in [9.17, 15) is 13.2 Å². The molecule has 1 aliphatic carbocycles. The van der Waals surface area contributed by atoms with Crippen LogP contribution in [-0.4, -0.2) is 54.9 Å². The molecular formula is C14H23N3O3S2. The van der Waals surface area contributed by atoms with Gasteiger partial charge in [-0.25, -0.2) is 13.4 Å². The monoisotopic (exact) mass is 345 g/mol. The number of amides is 1. The van der Waals surface area contributed by atoms with Crippen LogP contribution in [0.15, 0.2) is 0 Å². The van der Waals surface area contributed by atoms with Crippen LogP contribution >= 0.6 is 11.3 Å². The Morgan fingerprint density at radius 3 is 2.59 bits per heavy atom. The number of sulfonamides is 1. The van der Waals surface area contributed by atoms with E-state index >= 15 is 0 Å². The molecule has 1 aliphatic rings. The zero-order chi connectivity index (χ0) is 16.7. The van der Waals surface area contributed by atoms with Gasteiger partial charge >= 0.3 is 0 Å². The minimum atomic E-state index is -3.70. The standard InChI is InChI=1S/C14H23N3O3S2/c1-9(14(18)16(3)4)22(19,20)17(5)12-8-6-7-11-13(12)21-10(2)15-11/h9,12H,6-8H2,1-5H3/t9-,12-/m0/s1. The molecule has 0 bridgehead atoms. The second-order valence-electron chi connectivity index (χ2n) is 5.89. The average molecular weight is 345 g/mol. The van der Waals surface area contributed by atoms with E-state index in [-0.39, 0.29) is 6.04 Å². The van der Waals surface area contributed by atoms with E-state index in [0.29, 0.717) is 0 Å². The van der Waals surface area contributed by atoms with Crippen molar-refractivity contribution in [2.75, 3.05) is 21.1 Å². The molecule has 8 heteroatoms. The van der Waals surface area contributed by atoms with Crippen molar-refractivity contribution in [1.29, 1.82) is 0 Å². The van der Waals surface area contributed by atoms with Gasteiger partial charge in [-0.15, -0.1) is 11.3 Å². The van der Waals surface area contributed by atoms with Gasteiger partial charge in [-0.05, 0) is 33.1 Å². The number of hydrogen-bond acceptors (Lipinski definition) is 5. The van der Waals surface area contributed by atoms with Crippen LogP contribution in [0.1, 0.15) is 41.4 Å². The fourth-order valence-electron chi connectivity index (χ4n) is 2.78. The van der Waals surface area contributed by atoms with Gasteiger partial charge in [-0.1, -0.05) is 0 Å². The molecule has 124 valence electrons. The third-order valence-corrected chi connectivity index (χ3v) is 7.37. The summed E-state index contributed by atoms with van der Waals surface area (Å²) in [5.41, 5.74) is 1.01. The number of carbonyl (C=O) groups is 1. The smallest absolute Gasteiger partial charge is 0.241 e. The van der Waals surface area contributed by atoms with E-state index < -0.39 is 21.2 Å². The second-order valence-corrected chi connectivity index (χ2v) is 9.44. The minimum absolute atomic E-state index is 0.211. The van der Waals surface area contributed by atoms with Crippen LogP contribution in [0.3, 0.4) is 0 Å². The lowest BCUT2D eigenvalue weighted by Crippen LogP contribution is -2.45. The van der Waals surface area contributed by atoms with Crippen molar-refractivity contribution in [3.63, 3.8) is 0 Å². The first-order valence-corrected chi connectivity index (χ1v) is 9.62. The van der Waals surface area contributed by atoms with Crippen LogP contribution < -0.4 is 0 Å². The topological polar surface area (TPSA) is 70.6 Å². The molecule has 1 amide bonds. The number of hydrogen-bond donors (Lipinski definition) is 0. The number of aryl methyl sites for hydroxylation is 2. The Balaban J connectivity index is 2.32. The van der Waals surface area contributed by atoms with Gasteiger partial charge in [0.1, 0.15) is 0 Å². The fraction of sp³-hybridized carbons (Fsp3) is 0.714. The number of thiazole rings is 1. The van der Waals surface area contributed by atoms with Crippen LogP contribution in [0.25, 0.3) is 0 Å². The molecule has 1 aromatic heterocycles. The van der Waals surface area contributed by atoms with Crippen molar-refractivity contribution in [2.45, 2.75) is 44.4 Å². The van der Waals surface area contributed by atoms with E-state index in [4.69, 9.17) is 0 Å². The summed E-state index contributed by atoms with van der Waals surface area (Å²) in [7, 11) is 1.02. The summed E-state index contributed by atoms with van der Waals surface area (Å²) in [5, 5.41) is -0.119. The van der Waals surface area contributed by atoms with Gasteiger partial charge in [0.25, 0.3) is 0 Å². The summed E-state index contributed by atoms with van der Waals surface area (Å²) < 4.78 is 26.9. The summed E-state index contributed by atoms with van der Waals surface area (Å²) >= 11 is 1.56. The zero-order valence-corrected chi connectivity index (χ0v) is 15.3. The molecule has 22 heavy (non-hydrogen) atoms. The molecular weight excluding hydrogens is 322 g/mol. The van der Waals surface area contributed by atoms with Gasteiger partial charge in [0.2, 0.25) is 15.9 Å². The highest BCUT2D eigenvalue weighted by atomic mass is 32.2. The first-order valence-electron chi connectivity index (χ1n) is 7.30. The summed E-state index contributed by atoms with van der Waals surface area (Å²) in [4.78, 5) is 18.9. The number of nitrogens with zero attached hydrogens (tertiary/aromatic N) is 3. The SMILES string of the molecule is Cc1nc2c(s1)[C@@H](N(C)S(=O)(=O)[C@@H](C)C(=O)N(C)C)CCC2. The van der Waals surface area contributed by atoms with Crippen molar-refractivity contribution in [3.05, 3.63) is 15.6 Å². The quantitative estimate of drug-likeness (QED) is 0.830. The maximum atomic E-state index is 12.8. The molecule has 0 aromatic carbocycles. The molecule has 0 spiro atoms. The normalized spacial score (nSPS) is 19.8. The van der Waals surface area contributed by atoms with Gasteiger partial charge < -0.3 is 4.90 Å². The third kappa shape index (κ3) is 3.04. The lowest BCUT2D eigenvalue weighted by molar-refractivity contribution is -0.128. The molecule has 0 unspecified atom stereocenters. The second kappa shape index (κ2) is 6.25. The highest BCUT2D eigenvalue weighted by molar-refractivity contribution is 7.90. The van der Waals surface area contributed by atoms with Crippen LogP contribution in [-0.2, 0) is 21.2 Å². The lowest BCUT2D eigenvalue weighted by Gasteiger charge is -2.32. The van der Waals surface area contributed by atoms with Crippen LogP contribution in [0.2, 0.25) is 0 Å². The van der Waals surface area contributed by atoms with Crippen molar-refractivity contribution >= 4 is 27.3 Å². The van der Waals surface area contributed by atoms with E-state index in [1.807, 2.05) is 6.92 Å². The highest BCUT2D eigenvalue weighted by Crippen LogP contribution is 2.39. The van der Waals surface area contributed by atoms with Crippen LogP contribution in [0, 0.1) is 6.92 Å². The summed E-state index contributed by atoms with van der Waals surface area (Å²) in [6.45, 7) is 3.39. The molecule has 6 nitrogen and oxygen atoms in total. The molecule has 1 aromatic rings. The Kier molecular flexibility index (Phi) is 4.93. The maximum absolute atomic E-state index is 12.8. The lowest BCUT2D eigenvalue weighted by atomic mass is 9.98. The number of aromatic nitrogens is 1. The predicted molar refractivity (Wildman–Crippen MR) is 87.4 cm³/mol. The molecule has 0 aliphatic heterocycles. The Morgan fingerprint density at radius 2 is 2.00 bits per heavy atom. The van der Waals surface area contributed by atoms with Crippen molar-refractivity contribution in [3.8, 4) is 0 Å². The molecule has 1 heterocycles. The number of carbonyl (C=O) groups excluding carboxylic acids is 1. The van der Waals surface area contributed by atoms with Gasteiger partial charge in [-0.2, -0.15) is 4.31 Å². The molecule has 0 fully saturated rings. The molecule has 2 rings (SSSR count). The van der Waals surface area contributed by atoms with Crippen molar-refractivity contribution < 1.29 is 13.2 Å². The zero-order valence-electron chi connectivity index (χ0n) is 13.7. The Labute approximate surface area is 136 Å². The first kappa shape index (κ1) is 17.4. The van der Waals surface area contributed by atoms with Crippen LogP contribution in [0.4, 0.5) is 0 Å². The van der Waals surface area contributed by atoms with Gasteiger partial charge in [-0.3, -0.25) is 4.79 Å². The highest BCUT2D eigenvalue weighted by Gasteiger charge is 2.39. The Morgan fingerprint density at radius 1 is 1.36 bits per heavy atom. The van der Waals surface area contributed by atoms with Crippen molar-refractivity contribution in [2.24, 2.45) is 0 Å². The number of fused-ring (bicyclic) bond motifs is 1. The number of rotatable bonds is 4. The van der Waals surface area contributed by atoms with Gasteiger partial charge in [0.05, 0.1) is 16.7 Å². The van der Waals surface area contributed by atoms with Gasteiger partial charge in [0.15, 0.2) is 5.25 Å². The molecule has 0 radical (unpaired) electrons.